The van der Waals surface area contributed by atoms with Crippen LogP contribution in [0.3, 0.4) is 0 Å². The molecule has 5 heteroatoms. The Balaban J connectivity index is 1.60. The van der Waals surface area contributed by atoms with E-state index in [0.29, 0.717) is 23.9 Å². The van der Waals surface area contributed by atoms with E-state index in [2.05, 4.69) is 29.3 Å². The molecule has 0 aromatic heterocycles. The smallest absolute Gasteiger partial charge is 0.225 e. The number of halogens is 1. The van der Waals surface area contributed by atoms with E-state index in [1.165, 1.54) is 18.4 Å². The molecule has 0 bridgehead atoms. The Kier molecular flexibility index (Phi) is 6.17. The van der Waals surface area contributed by atoms with Gasteiger partial charge in [0.1, 0.15) is 5.75 Å². The number of carbonyl (C=O) groups is 1. The lowest BCUT2D eigenvalue weighted by Gasteiger charge is -2.29. The normalized spacial score (nSPS) is 14.9. The van der Waals surface area contributed by atoms with Gasteiger partial charge in [-0.3, -0.25) is 9.69 Å². The second kappa shape index (κ2) is 8.56. The van der Waals surface area contributed by atoms with Crippen LogP contribution >= 0.6 is 11.6 Å². The summed E-state index contributed by atoms with van der Waals surface area (Å²) in [6.07, 6.45) is 2.85. The first-order valence-corrected chi connectivity index (χ1v) is 9.40. The highest BCUT2D eigenvalue weighted by Crippen LogP contribution is 2.34. The average Bonchev–Trinajstić information content (AvgIpc) is 3.48. The van der Waals surface area contributed by atoms with Crippen LogP contribution in [-0.2, 0) is 4.79 Å². The molecule has 1 unspecified atom stereocenters. The summed E-state index contributed by atoms with van der Waals surface area (Å²) in [7, 11) is 1.60. The first-order valence-electron chi connectivity index (χ1n) is 9.02. The van der Waals surface area contributed by atoms with Crippen molar-refractivity contribution >= 4 is 23.2 Å². The largest absolute Gasteiger partial charge is 0.495 e. The summed E-state index contributed by atoms with van der Waals surface area (Å²) in [5.74, 6) is 0.679. The monoisotopic (exact) mass is 372 g/mol. The molecule has 0 heterocycles. The van der Waals surface area contributed by atoms with E-state index >= 15 is 0 Å². The molecule has 4 nitrogen and oxygen atoms in total. The molecule has 0 radical (unpaired) electrons. The predicted octanol–water partition coefficient (Wildman–Crippen LogP) is 4.90. The van der Waals surface area contributed by atoms with Crippen molar-refractivity contribution in [2.24, 2.45) is 0 Å². The molecule has 1 fully saturated rings. The molecular weight excluding hydrogens is 348 g/mol. The Bertz CT molecular complexity index is 744. The molecule has 3 rings (SSSR count). The van der Waals surface area contributed by atoms with E-state index in [1.54, 1.807) is 7.11 Å². The van der Waals surface area contributed by atoms with E-state index in [0.717, 1.165) is 11.6 Å². The molecule has 1 aliphatic carbocycles. The molecule has 2 aromatic rings. The predicted molar refractivity (Wildman–Crippen MR) is 106 cm³/mol. The SMILES string of the molecule is COc1ccccc1NC(=O)CCN(C1CC1)C(C)c1ccc(Cl)cc1. The van der Waals surface area contributed by atoms with Crippen LogP contribution in [0.1, 0.15) is 37.8 Å². The number of hydrogen-bond donors (Lipinski definition) is 1. The maximum absolute atomic E-state index is 12.4. The van der Waals surface area contributed by atoms with Crippen LogP contribution < -0.4 is 10.1 Å². The summed E-state index contributed by atoms with van der Waals surface area (Å²) in [6, 6.07) is 16.3. The van der Waals surface area contributed by atoms with E-state index in [-0.39, 0.29) is 11.9 Å². The lowest BCUT2D eigenvalue weighted by atomic mass is 10.1. The lowest BCUT2D eigenvalue weighted by Crippen LogP contribution is -2.32. The number of nitrogens with one attached hydrogen (secondary N) is 1. The van der Waals surface area contributed by atoms with Crippen LogP contribution in [0.25, 0.3) is 0 Å². The number of anilines is 1. The highest BCUT2D eigenvalue weighted by Gasteiger charge is 2.32. The minimum absolute atomic E-state index is 0.00320. The van der Waals surface area contributed by atoms with Gasteiger partial charge in [0, 0.05) is 30.1 Å². The third kappa shape index (κ3) is 4.77. The Morgan fingerprint density at radius 3 is 2.58 bits per heavy atom. The number of benzene rings is 2. The second-order valence-corrected chi connectivity index (χ2v) is 7.13. The summed E-state index contributed by atoms with van der Waals surface area (Å²) in [6.45, 7) is 2.93. The fourth-order valence-electron chi connectivity index (χ4n) is 3.22. The van der Waals surface area contributed by atoms with Gasteiger partial charge in [0.25, 0.3) is 0 Å². The maximum Gasteiger partial charge on any atom is 0.225 e. The average molecular weight is 373 g/mol. The van der Waals surface area contributed by atoms with E-state index in [4.69, 9.17) is 16.3 Å². The zero-order chi connectivity index (χ0) is 18.5. The van der Waals surface area contributed by atoms with Gasteiger partial charge in [-0.1, -0.05) is 35.9 Å². The number of carbonyl (C=O) groups excluding carboxylic acids is 1. The van der Waals surface area contributed by atoms with E-state index in [1.807, 2.05) is 36.4 Å². The van der Waals surface area contributed by atoms with Crippen LogP contribution in [0, 0.1) is 0 Å². The van der Waals surface area contributed by atoms with Crippen molar-refractivity contribution in [3.05, 3.63) is 59.1 Å². The molecule has 138 valence electrons. The highest BCUT2D eigenvalue weighted by atomic mass is 35.5. The fraction of sp³-hybridized carbons (Fsp3) is 0.381. The van der Waals surface area contributed by atoms with Gasteiger partial charge in [-0.05, 0) is 49.6 Å². The number of nitrogens with zero attached hydrogens (tertiary/aromatic N) is 1. The Morgan fingerprint density at radius 2 is 1.92 bits per heavy atom. The number of methoxy groups -OCH3 is 1. The Hall–Kier alpha value is -2.04. The van der Waals surface area contributed by atoms with Crippen molar-refractivity contribution in [3.63, 3.8) is 0 Å². The van der Waals surface area contributed by atoms with E-state index < -0.39 is 0 Å². The summed E-state index contributed by atoms with van der Waals surface area (Å²) < 4.78 is 5.29. The van der Waals surface area contributed by atoms with Crippen molar-refractivity contribution in [2.75, 3.05) is 19.0 Å². The van der Waals surface area contributed by atoms with Gasteiger partial charge in [-0.25, -0.2) is 0 Å². The zero-order valence-electron chi connectivity index (χ0n) is 15.2. The topological polar surface area (TPSA) is 41.6 Å². The standard InChI is InChI=1S/C21H25ClN2O2/c1-15(16-7-9-17(22)10-8-16)24(18-11-12-18)14-13-21(25)23-19-5-3-4-6-20(19)26-2/h3-10,15,18H,11-14H2,1-2H3,(H,23,25). The first-order chi connectivity index (χ1) is 12.6. The lowest BCUT2D eigenvalue weighted by molar-refractivity contribution is -0.116. The third-order valence-corrected chi connectivity index (χ3v) is 5.10. The van der Waals surface area contributed by atoms with Crippen molar-refractivity contribution < 1.29 is 9.53 Å². The molecule has 26 heavy (non-hydrogen) atoms. The molecule has 1 aliphatic rings. The molecule has 0 saturated heterocycles. The van der Waals surface area contributed by atoms with Crippen LogP contribution in [0.5, 0.6) is 5.75 Å². The molecule has 1 atom stereocenters. The number of rotatable bonds is 8. The molecule has 1 amide bonds. The summed E-state index contributed by atoms with van der Waals surface area (Å²) in [4.78, 5) is 14.8. The maximum atomic E-state index is 12.4. The van der Waals surface area contributed by atoms with Gasteiger partial charge in [-0.15, -0.1) is 0 Å². The highest BCUT2D eigenvalue weighted by molar-refractivity contribution is 6.30. The molecule has 0 aliphatic heterocycles. The van der Waals surface area contributed by atoms with Crippen molar-refractivity contribution in [1.82, 2.24) is 4.90 Å². The summed E-state index contributed by atoms with van der Waals surface area (Å²) in [5.41, 5.74) is 1.94. The minimum Gasteiger partial charge on any atom is -0.495 e. The van der Waals surface area contributed by atoms with Crippen LogP contribution in [-0.4, -0.2) is 30.5 Å². The van der Waals surface area contributed by atoms with Crippen LogP contribution in [0.2, 0.25) is 5.02 Å². The third-order valence-electron chi connectivity index (χ3n) is 4.84. The molecule has 1 N–H and O–H groups in total. The minimum atomic E-state index is 0.00320. The molecule has 2 aromatic carbocycles. The van der Waals surface area contributed by atoms with Gasteiger partial charge >= 0.3 is 0 Å². The quantitative estimate of drug-likeness (QED) is 0.716. The molecular formula is C21H25ClN2O2. The fourth-order valence-corrected chi connectivity index (χ4v) is 3.35. The zero-order valence-corrected chi connectivity index (χ0v) is 16.0. The van der Waals surface area contributed by atoms with E-state index in [9.17, 15) is 4.79 Å². The van der Waals surface area contributed by atoms with Crippen molar-refractivity contribution in [2.45, 2.75) is 38.3 Å². The van der Waals surface area contributed by atoms with Crippen molar-refractivity contribution in [1.29, 1.82) is 0 Å². The van der Waals surface area contributed by atoms with Gasteiger partial charge in [0.15, 0.2) is 0 Å². The first kappa shape index (κ1) is 18.7. The number of ether oxygens (including phenoxy) is 1. The number of amides is 1. The van der Waals surface area contributed by atoms with Crippen LogP contribution in [0.4, 0.5) is 5.69 Å². The van der Waals surface area contributed by atoms with Gasteiger partial charge in [0.2, 0.25) is 5.91 Å². The number of hydrogen-bond acceptors (Lipinski definition) is 3. The van der Waals surface area contributed by atoms with Gasteiger partial charge in [-0.2, -0.15) is 0 Å². The second-order valence-electron chi connectivity index (χ2n) is 6.69. The Morgan fingerprint density at radius 1 is 1.23 bits per heavy atom. The molecule has 1 saturated carbocycles. The Labute approximate surface area is 160 Å². The van der Waals surface area contributed by atoms with Gasteiger partial charge in [0.05, 0.1) is 12.8 Å². The molecule has 0 spiro atoms. The summed E-state index contributed by atoms with van der Waals surface area (Å²) >= 11 is 6.00. The summed E-state index contributed by atoms with van der Waals surface area (Å²) in [5, 5.41) is 3.70. The van der Waals surface area contributed by atoms with Gasteiger partial charge < -0.3 is 10.1 Å². The number of para-hydroxylation sites is 2. The van der Waals surface area contributed by atoms with Crippen LogP contribution in [0.15, 0.2) is 48.5 Å². The van der Waals surface area contributed by atoms with Crippen molar-refractivity contribution in [3.8, 4) is 5.75 Å².